The molecule has 2 aromatic carbocycles. The Morgan fingerprint density at radius 2 is 1.87 bits per heavy atom. The minimum atomic E-state index is -3.82. The summed E-state index contributed by atoms with van der Waals surface area (Å²) in [5.74, 6) is 0.843. The van der Waals surface area contributed by atoms with E-state index in [-0.39, 0.29) is 10.8 Å². The average Bonchev–Trinajstić information content (AvgIpc) is 2.90. The lowest BCUT2D eigenvalue weighted by atomic mass is 9.91. The zero-order chi connectivity index (χ0) is 27.5. The van der Waals surface area contributed by atoms with Crippen molar-refractivity contribution >= 4 is 15.9 Å². The van der Waals surface area contributed by atoms with Crippen LogP contribution in [-0.2, 0) is 23.0 Å². The minimum absolute atomic E-state index is 0.191. The molecule has 2 heterocycles. The van der Waals surface area contributed by atoms with Gasteiger partial charge in [0, 0.05) is 31.3 Å². The molecule has 3 aromatic rings. The van der Waals surface area contributed by atoms with Crippen LogP contribution in [0.25, 0.3) is 0 Å². The number of aryl methyl sites for hydroxylation is 1. The van der Waals surface area contributed by atoms with Gasteiger partial charge in [-0.25, -0.2) is 18.1 Å². The molecule has 1 N–H and O–H groups in total. The van der Waals surface area contributed by atoms with Gasteiger partial charge in [-0.2, -0.15) is 0 Å². The van der Waals surface area contributed by atoms with E-state index in [4.69, 9.17) is 9.47 Å². The van der Waals surface area contributed by atoms with E-state index in [0.717, 1.165) is 23.3 Å². The molecule has 0 fully saturated rings. The van der Waals surface area contributed by atoms with Crippen LogP contribution in [-0.4, -0.2) is 43.5 Å². The number of hydrogen-bond acceptors (Lipinski definition) is 6. The van der Waals surface area contributed by atoms with Crippen LogP contribution in [0.5, 0.6) is 11.6 Å². The molecule has 202 valence electrons. The fourth-order valence-electron chi connectivity index (χ4n) is 4.59. The smallest absolute Gasteiger partial charge is 0.255 e. The monoisotopic (exact) mass is 537 g/mol. The number of benzene rings is 2. The maximum atomic E-state index is 13.5. The maximum absolute atomic E-state index is 13.5. The third kappa shape index (κ3) is 6.16. The molecular weight excluding hydrogens is 502 g/mol. The van der Waals surface area contributed by atoms with Crippen molar-refractivity contribution in [3.63, 3.8) is 0 Å². The van der Waals surface area contributed by atoms with E-state index in [1.54, 1.807) is 30.2 Å². The number of sulfonamides is 1. The summed E-state index contributed by atoms with van der Waals surface area (Å²) < 4.78 is 40.8. The predicted octanol–water partition coefficient (Wildman–Crippen LogP) is 4.90. The van der Waals surface area contributed by atoms with Gasteiger partial charge in [0.15, 0.2) is 0 Å². The number of pyridine rings is 1. The Morgan fingerprint density at radius 3 is 2.53 bits per heavy atom. The van der Waals surface area contributed by atoms with E-state index >= 15 is 0 Å². The average molecular weight is 538 g/mol. The SMILES string of the molecule is CCc1ccc(S(=O)(=O)N[C@H]2CC(C)(C)Oc3ncc(C(=O)N(CC)Cc4cccc(OC)c4)cc32)cc1. The van der Waals surface area contributed by atoms with E-state index in [0.29, 0.717) is 36.5 Å². The fourth-order valence-corrected chi connectivity index (χ4v) is 5.81. The highest BCUT2D eigenvalue weighted by Gasteiger charge is 2.37. The molecule has 0 unspecified atom stereocenters. The first-order chi connectivity index (χ1) is 18.0. The third-order valence-corrected chi connectivity index (χ3v) is 8.17. The lowest BCUT2D eigenvalue weighted by molar-refractivity contribution is 0.0637. The van der Waals surface area contributed by atoms with Gasteiger partial charge >= 0.3 is 0 Å². The molecule has 1 atom stereocenters. The van der Waals surface area contributed by atoms with Crippen molar-refractivity contribution in [1.29, 1.82) is 0 Å². The van der Waals surface area contributed by atoms with Crippen LogP contribution in [0.4, 0.5) is 0 Å². The number of nitrogens with zero attached hydrogens (tertiary/aromatic N) is 2. The van der Waals surface area contributed by atoms with E-state index < -0.39 is 21.7 Å². The van der Waals surface area contributed by atoms with Crippen LogP contribution in [0.15, 0.2) is 65.7 Å². The Hall–Kier alpha value is -3.43. The van der Waals surface area contributed by atoms with Crippen molar-refractivity contribution in [3.05, 3.63) is 83.0 Å². The molecule has 8 nitrogen and oxygen atoms in total. The molecule has 0 saturated carbocycles. The van der Waals surface area contributed by atoms with E-state index in [1.165, 1.54) is 6.20 Å². The summed E-state index contributed by atoms with van der Waals surface area (Å²) in [6.45, 7) is 8.60. The number of fused-ring (bicyclic) bond motifs is 1. The van der Waals surface area contributed by atoms with Crippen molar-refractivity contribution in [2.24, 2.45) is 0 Å². The second-order valence-electron chi connectivity index (χ2n) is 10.0. The van der Waals surface area contributed by atoms with Crippen LogP contribution in [0.3, 0.4) is 0 Å². The normalized spacial score (nSPS) is 16.3. The summed E-state index contributed by atoms with van der Waals surface area (Å²) in [5.41, 5.74) is 2.26. The first-order valence-corrected chi connectivity index (χ1v) is 14.3. The van der Waals surface area contributed by atoms with Crippen molar-refractivity contribution in [2.75, 3.05) is 13.7 Å². The lowest BCUT2D eigenvalue weighted by Gasteiger charge is -2.37. The molecule has 0 radical (unpaired) electrons. The molecule has 0 bridgehead atoms. The van der Waals surface area contributed by atoms with Crippen LogP contribution >= 0.6 is 0 Å². The van der Waals surface area contributed by atoms with Crippen LogP contribution < -0.4 is 14.2 Å². The molecular formula is C29H35N3O5S. The van der Waals surface area contributed by atoms with Crippen molar-refractivity contribution in [1.82, 2.24) is 14.6 Å². The van der Waals surface area contributed by atoms with Gasteiger partial charge in [-0.15, -0.1) is 0 Å². The van der Waals surface area contributed by atoms with Gasteiger partial charge in [0.05, 0.1) is 23.6 Å². The minimum Gasteiger partial charge on any atom is -0.497 e. The van der Waals surface area contributed by atoms with Gasteiger partial charge in [-0.1, -0.05) is 31.2 Å². The van der Waals surface area contributed by atoms with Crippen LogP contribution in [0, 0.1) is 0 Å². The van der Waals surface area contributed by atoms with Crippen LogP contribution in [0.2, 0.25) is 0 Å². The van der Waals surface area contributed by atoms with E-state index in [2.05, 4.69) is 9.71 Å². The number of ether oxygens (including phenoxy) is 2. The van der Waals surface area contributed by atoms with Gasteiger partial charge in [0.2, 0.25) is 15.9 Å². The Morgan fingerprint density at radius 1 is 1.13 bits per heavy atom. The largest absolute Gasteiger partial charge is 0.497 e. The van der Waals surface area contributed by atoms with Gasteiger partial charge < -0.3 is 14.4 Å². The molecule has 1 amide bonds. The maximum Gasteiger partial charge on any atom is 0.255 e. The number of amides is 1. The Bertz CT molecular complexity index is 1400. The number of rotatable bonds is 9. The highest BCUT2D eigenvalue weighted by Crippen LogP contribution is 2.39. The zero-order valence-corrected chi connectivity index (χ0v) is 23.3. The third-order valence-electron chi connectivity index (χ3n) is 6.69. The molecule has 0 saturated heterocycles. The first kappa shape index (κ1) is 27.6. The van der Waals surface area contributed by atoms with Crippen LogP contribution in [0.1, 0.15) is 67.2 Å². The van der Waals surface area contributed by atoms with Crippen molar-refractivity contribution in [3.8, 4) is 11.6 Å². The summed E-state index contributed by atoms with van der Waals surface area (Å²) in [7, 11) is -2.21. The van der Waals surface area contributed by atoms with E-state index in [9.17, 15) is 13.2 Å². The fraction of sp³-hybridized carbons (Fsp3) is 0.379. The lowest BCUT2D eigenvalue weighted by Crippen LogP contribution is -2.42. The predicted molar refractivity (Wildman–Crippen MR) is 146 cm³/mol. The summed E-state index contributed by atoms with van der Waals surface area (Å²) >= 11 is 0. The van der Waals surface area contributed by atoms with Gasteiger partial charge in [0.1, 0.15) is 11.4 Å². The quantitative estimate of drug-likeness (QED) is 0.417. The first-order valence-electron chi connectivity index (χ1n) is 12.8. The number of methoxy groups -OCH3 is 1. The summed E-state index contributed by atoms with van der Waals surface area (Å²) in [6, 6.07) is 15.5. The van der Waals surface area contributed by atoms with Crippen molar-refractivity contribution < 1.29 is 22.7 Å². The Labute approximate surface area is 225 Å². The molecule has 1 aliphatic heterocycles. The molecule has 0 spiro atoms. The van der Waals surface area contributed by atoms with Gasteiger partial charge in [-0.3, -0.25) is 4.79 Å². The summed E-state index contributed by atoms with van der Waals surface area (Å²) in [4.78, 5) is 19.8. The Balaban J connectivity index is 1.62. The van der Waals surface area contributed by atoms with Gasteiger partial charge in [-0.05, 0) is 68.7 Å². The van der Waals surface area contributed by atoms with Crippen molar-refractivity contribution in [2.45, 2.75) is 63.6 Å². The number of carbonyl (C=O) groups excluding carboxylic acids is 1. The van der Waals surface area contributed by atoms with Gasteiger partial charge in [0.25, 0.3) is 5.91 Å². The van der Waals surface area contributed by atoms with E-state index in [1.807, 2.05) is 64.1 Å². The summed E-state index contributed by atoms with van der Waals surface area (Å²) in [6.07, 6.45) is 2.70. The number of hydrogen-bond donors (Lipinski definition) is 1. The highest BCUT2D eigenvalue weighted by atomic mass is 32.2. The second kappa shape index (κ2) is 11.1. The molecule has 1 aromatic heterocycles. The topological polar surface area (TPSA) is 97.8 Å². The second-order valence-corrected chi connectivity index (χ2v) is 11.7. The highest BCUT2D eigenvalue weighted by molar-refractivity contribution is 7.89. The Kier molecular flexibility index (Phi) is 8.08. The number of aromatic nitrogens is 1. The molecule has 9 heteroatoms. The molecule has 4 rings (SSSR count). The number of carbonyl (C=O) groups is 1. The number of nitrogens with one attached hydrogen (secondary N) is 1. The zero-order valence-electron chi connectivity index (χ0n) is 22.5. The molecule has 1 aliphatic rings. The molecule has 38 heavy (non-hydrogen) atoms. The molecule has 0 aliphatic carbocycles. The standard InChI is InChI=1S/C29H35N3O5S/c1-6-20-11-13-24(14-12-20)38(34,35)31-26-17-29(3,4)37-27-25(26)16-22(18-30-27)28(33)32(7-2)19-21-9-8-10-23(15-21)36-5/h8-16,18,26,31H,6-7,17,19H2,1-5H3/t26-/m0/s1. The summed E-state index contributed by atoms with van der Waals surface area (Å²) in [5, 5.41) is 0.